The molecule has 1 aromatic carbocycles. The van der Waals surface area contributed by atoms with Crippen LogP contribution in [0, 0.1) is 5.92 Å². The van der Waals surface area contributed by atoms with Crippen LogP contribution >= 0.6 is 0 Å². The lowest BCUT2D eigenvalue weighted by Crippen LogP contribution is -2.28. The third-order valence-electron chi connectivity index (χ3n) is 3.40. The number of ether oxygens (including phenoxy) is 1. The van der Waals surface area contributed by atoms with Gasteiger partial charge in [0.25, 0.3) is 0 Å². The second-order valence-electron chi connectivity index (χ2n) is 5.28. The van der Waals surface area contributed by atoms with Crippen molar-refractivity contribution in [2.24, 2.45) is 5.92 Å². The minimum Gasteiger partial charge on any atom is -0.466 e. The van der Waals surface area contributed by atoms with E-state index in [1.54, 1.807) is 6.92 Å². The van der Waals surface area contributed by atoms with Crippen LogP contribution in [0.3, 0.4) is 0 Å². The van der Waals surface area contributed by atoms with Crippen LogP contribution in [0.4, 0.5) is 19.1 Å². The molecule has 0 spiro atoms. The normalized spacial score (nSPS) is 12.5. The molecule has 2 aromatic rings. The Labute approximate surface area is 143 Å². The van der Waals surface area contributed by atoms with Crippen molar-refractivity contribution in [3.63, 3.8) is 0 Å². The van der Waals surface area contributed by atoms with Crippen molar-refractivity contribution < 1.29 is 22.7 Å². The largest absolute Gasteiger partial charge is 0.466 e. The predicted molar refractivity (Wildman–Crippen MR) is 85.8 cm³/mol. The summed E-state index contributed by atoms with van der Waals surface area (Å²) in [6, 6.07) is 10.1. The molecule has 0 amide bonds. The van der Waals surface area contributed by atoms with Gasteiger partial charge in [0.2, 0.25) is 5.95 Å². The second-order valence-corrected chi connectivity index (χ2v) is 5.28. The molecule has 8 heteroatoms. The summed E-state index contributed by atoms with van der Waals surface area (Å²) in [5.74, 6) is -1.18. The molecule has 0 fully saturated rings. The van der Waals surface area contributed by atoms with Crippen molar-refractivity contribution in [2.75, 3.05) is 18.5 Å². The fourth-order valence-corrected chi connectivity index (χ4v) is 2.21. The third-order valence-corrected chi connectivity index (χ3v) is 3.40. The molecule has 1 N–H and O–H groups in total. The number of anilines is 1. The average molecular weight is 353 g/mol. The molecule has 1 unspecified atom stereocenters. The van der Waals surface area contributed by atoms with Crippen LogP contribution in [0.1, 0.15) is 18.2 Å². The van der Waals surface area contributed by atoms with Gasteiger partial charge in [-0.15, -0.1) is 0 Å². The predicted octanol–water partition coefficient (Wildman–Crippen LogP) is 3.33. The van der Waals surface area contributed by atoms with Gasteiger partial charge < -0.3 is 10.1 Å². The Bertz CT molecular complexity index is 693. The monoisotopic (exact) mass is 353 g/mol. The Morgan fingerprint density at radius 1 is 1.24 bits per heavy atom. The molecule has 25 heavy (non-hydrogen) atoms. The van der Waals surface area contributed by atoms with Crippen molar-refractivity contribution in [1.29, 1.82) is 0 Å². The summed E-state index contributed by atoms with van der Waals surface area (Å²) >= 11 is 0. The zero-order chi connectivity index (χ0) is 18.3. The zero-order valence-electron chi connectivity index (χ0n) is 13.6. The van der Waals surface area contributed by atoms with Gasteiger partial charge in [0.1, 0.15) is 5.69 Å². The fourth-order valence-electron chi connectivity index (χ4n) is 2.21. The third kappa shape index (κ3) is 5.74. The summed E-state index contributed by atoms with van der Waals surface area (Å²) < 4.78 is 43.1. The smallest absolute Gasteiger partial charge is 0.433 e. The van der Waals surface area contributed by atoms with E-state index in [-0.39, 0.29) is 19.1 Å². The Hall–Kier alpha value is -2.64. The number of carbonyl (C=O) groups is 1. The number of halogens is 3. The van der Waals surface area contributed by atoms with E-state index in [0.29, 0.717) is 6.42 Å². The van der Waals surface area contributed by atoms with Crippen LogP contribution in [0.25, 0.3) is 0 Å². The Balaban J connectivity index is 2.08. The van der Waals surface area contributed by atoms with Crippen LogP contribution in [-0.2, 0) is 22.1 Å². The van der Waals surface area contributed by atoms with Crippen LogP contribution in [0.2, 0.25) is 0 Å². The molecule has 134 valence electrons. The van der Waals surface area contributed by atoms with Crippen LogP contribution < -0.4 is 5.32 Å². The number of benzene rings is 1. The standard InChI is InChI=1S/C17H18F3N3O2/c1-2-25-15(24)13(10-12-6-4-3-5-7-12)11-22-16-21-9-8-14(23-16)17(18,19)20/h3-9,13H,2,10-11H2,1H3,(H,21,22,23). The van der Waals surface area contributed by atoms with Crippen molar-refractivity contribution in [3.8, 4) is 0 Å². The molecule has 0 bridgehead atoms. The molecule has 1 aromatic heterocycles. The van der Waals surface area contributed by atoms with Gasteiger partial charge in [-0.3, -0.25) is 4.79 Å². The summed E-state index contributed by atoms with van der Waals surface area (Å²) in [5, 5.41) is 2.69. The first-order valence-corrected chi connectivity index (χ1v) is 7.74. The summed E-state index contributed by atoms with van der Waals surface area (Å²) in [4.78, 5) is 19.3. The van der Waals surface area contributed by atoms with Gasteiger partial charge in [0.15, 0.2) is 0 Å². The van der Waals surface area contributed by atoms with E-state index in [9.17, 15) is 18.0 Å². The summed E-state index contributed by atoms with van der Waals surface area (Å²) in [7, 11) is 0. The lowest BCUT2D eigenvalue weighted by molar-refractivity contribution is -0.147. The first-order chi connectivity index (χ1) is 11.9. The maximum absolute atomic E-state index is 12.7. The first kappa shape index (κ1) is 18.7. The quantitative estimate of drug-likeness (QED) is 0.774. The van der Waals surface area contributed by atoms with Gasteiger partial charge in [-0.25, -0.2) is 9.97 Å². The fraction of sp³-hybridized carbons (Fsp3) is 0.353. The highest BCUT2D eigenvalue weighted by Gasteiger charge is 2.33. The van der Waals surface area contributed by atoms with E-state index in [2.05, 4.69) is 15.3 Å². The van der Waals surface area contributed by atoms with Gasteiger partial charge in [0.05, 0.1) is 12.5 Å². The average Bonchev–Trinajstić information content (AvgIpc) is 2.59. The van der Waals surface area contributed by atoms with Gasteiger partial charge >= 0.3 is 12.1 Å². The Morgan fingerprint density at radius 3 is 2.60 bits per heavy atom. The number of aromatic nitrogens is 2. The second kappa shape index (κ2) is 8.46. The molecule has 2 rings (SSSR count). The number of esters is 1. The molecule has 5 nitrogen and oxygen atoms in total. The van der Waals surface area contributed by atoms with Crippen LogP contribution in [0.5, 0.6) is 0 Å². The summed E-state index contributed by atoms with van der Waals surface area (Å²) in [6.45, 7) is 1.99. The lowest BCUT2D eigenvalue weighted by Gasteiger charge is -2.17. The number of rotatable bonds is 7. The van der Waals surface area contributed by atoms with E-state index in [4.69, 9.17) is 4.74 Å². The van der Waals surface area contributed by atoms with Gasteiger partial charge in [0, 0.05) is 12.7 Å². The van der Waals surface area contributed by atoms with Gasteiger partial charge in [-0.05, 0) is 25.0 Å². The topological polar surface area (TPSA) is 64.1 Å². The molecule has 0 aliphatic carbocycles. The highest BCUT2D eigenvalue weighted by Crippen LogP contribution is 2.27. The molecular formula is C17H18F3N3O2. The Kier molecular flexibility index (Phi) is 6.32. The molecule has 0 saturated heterocycles. The molecule has 0 aliphatic rings. The number of alkyl halides is 3. The Morgan fingerprint density at radius 2 is 1.96 bits per heavy atom. The minimum absolute atomic E-state index is 0.0645. The number of hydrogen-bond acceptors (Lipinski definition) is 5. The SMILES string of the molecule is CCOC(=O)C(CNc1nccc(C(F)(F)F)n1)Cc1ccccc1. The highest BCUT2D eigenvalue weighted by atomic mass is 19.4. The molecule has 0 saturated carbocycles. The highest BCUT2D eigenvalue weighted by molar-refractivity contribution is 5.73. The maximum atomic E-state index is 12.7. The molecule has 1 atom stereocenters. The number of nitrogens with one attached hydrogen (secondary N) is 1. The van der Waals surface area contributed by atoms with Crippen molar-refractivity contribution >= 4 is 11.9 Å². The lowest BCUT2D eigenvalue weighted by atomic mass is 9.99. The van der Waals surface area contributed by atoms with E-state index < -0.39 is 23.8 Å². The number of hydrogen-bond donors (Lipinski definition) is 1. The molecular weight excluding hydrogens is 335 g/mol. The van der Waals surface area contributed by atoms with Crippen LogP contribution in [0.15, 0.2) is 42.6 Å². The van der Waals surface area contributed by atoms with E-state index in [1.165, 1.54) is 0 Å². The maximum Gasteiger partial charge on any atom is 0.433 e. The van der Waals surface area contributed by atoms with Crippen LogP contribution in [-0.4, -0.2) is 29.1 Å². The van der Waals surface area contributed by atoms with E-state index >= 15 is 0 Å². The van der Waals surface area contributed by atoms with Gasteiger partial charge in [-0.2, -0.15) is 13.2 Å². The molecule has 0 radical (unpaired) electrons. The number of carbonyl (C=O) groups excluding carboxylic acids is 1. The molecule has 0 aliphatic heterocycles. The first-order valence-electron chi connectivity index (χ1n) is 7.74. The van der Waals surface area contributed by atoms with E-state index in [1.807, 2.05) is 30.3 Å². The van der Waals surface area contributed by atoms with Crippen molar-refractivity contribution in [2.45, 2.75) is 19.5 Å². The molecule has 1 heterocycles. The van der Waals surface area contributed by atoms with Gasteiger partial charge in [-0.1, -0.05) is 30.3 Å². The zero-order valence-corrected chi connectivity index (χ0v) is 13.6. The van der Waals surface area contributed by atoms with E-state index in [0.717, 1.165) is 17.8 Å². The van der Waals surface area contributed by atoms with Crippen molar-refractivity contribution in [3.05, 3.63) is 53.9 Å². The summed E-state index contributed by atoms with van der Waals surface area (Å²) in [6.07, 6.45) is -3.13. The minimum atomic E-state index is -4.55. The van der Waals surface area contributed by atoms with Crippen molar-refractivity contribution in [1.82, 2.24) is 9.97 Å². The summed E-state index contributed by atoms with van der Waals surface area (Å²) in [5.41, 5.74) is -0.118. The number of nitrogens with zero attached hydrogens (tertiary/aromatic N) is 2.